The molecule has 1 aliphatic carbocycles. The van der Waals surface area contributed by atoms with Crippen LogP contribution in [0.25, 0.3) is 22.3 Å². The van der Waals surface area contributed by atoms with Crippen molar-refractivity contribution in [2.24, 2.45) is 0 Å². The van der Waals surface area contributed by atoms with Crippen LogP contribution in [0.15, 0.2) is 91.5 Å². The SMILES string of the molecule is C#Cc1cccc(C2=C(c3ccc(O)cc3)C(=O)C(c3ccc(O)cc3)=C2c2cncnc2)c1. The molecule has 0 fully saturated rings. The number of carbonyl (C=O) groups excluding carboxylic acids is 1. The van der Waals surface area contributed by atoms with Crippen LogP contribution in [-0.4, -0.2) is 26.0 Å². The topological polar surface area (TPSA) is 83.3 Å². The number of phenols is 2. The van der Waals surface area contributed by atoms with Crippen LogP contribution in [0.1, 0.15) is 27.8 Å². The van der Waals surface area contributed by atoms with Gasteiger partial charge in [0, 0.05) is 45.8 Å². The summed E-state index contributed by atoms with van der Waals surface area (Å²) in [5, 5.41) is 19.6. The minimum absolute atomic E-state index is 0.105. The number of ketones is 1. The van der Waals surface area contributed by atoms with Gasteiger partial charge < -0.3 is 10.2 Å². The van der Waals surface area contributed by atoms with Crippen molar-refractivity contribution in [1.82, 2.24) is 9.97 Å². The van der Waals surface area contributed by atoms with Gasteiger partial charge in [0.2, 0.25) is 0 Å². The van der Waals surface area contributed by atoms with E-state index in [0.717, 1.165) is 5.56 Å². The molecule has 0 unspecified atom stereocenters. The number of benzene rings is 3. The summed E-state index contributed by atoms with van der Waals surface area (Å²) in [6.07, 6.45) is 10.4. The van der Waals surface area contributed by atoms with Crippen molar-refractivity contribution in [3.8, 4) is 23.8 Å². The second kappa shape index (κ2) is 8.53. The molecule has 162 valence electrons. The van der Waals surface area contributed by atoms with Crippen LogP contribution < -0.4 is 0 Å². The second-order valence-corrected chi connectivity index (χ2v) is 7.78. The van der Waals surface area contributed by atoms with Crippen molar-refractivity contribution in [2.75, 3.05) is 0 Å². The molecule has 0 saturated carbocycles. The first-order chi connectivity index (χ1) is 16.6. The molecule has 1 aromatic heterocycles. The number of phenolic OH excluding ortho intramolecular Hbond substituents is 2. The minimum Gasteiger partial charge on any atom is -0.508 e. The summed E-state index contributed by atoms with van der Waals surface area (Å²) in [4.78, 5) is 22.4. The largest absolute Gasteiger partial charge is 0.508 e. The van der Waals surface area contributed by atoms with E-state index in [1.807, 2.05) is 24.3 Å². The average molecular weight is 442 g/mol. The monoisotopic (exact) mass is 442 g/mol. The summed E-state index contributed by atoms with van der Waals surface area (Å²) >= 11 is 0. The molecular weight excluding hydrogens is 424 g/mol. The number of allylic oxidation sites excluding steroid dienone is 4. The molecule has 0 bridgehead atoms. The van der Waals surface area contributed by atoms with Crippen molar-refractivity contribution in [3.05, 3.63) is 119 Å². The number of nitrogens with zero attached hydrogens (tertiary/aromatic N) is 2. The van der Waals surface area contributed by atoms with E-state index in [4.69, 9.17) is 6.42 Å². The van der Waals surface area contributed by atoms with Gasteiger partial charge in [-0.3, -0.25) is 4.79 Å². The van der Waals surface area contributed by atoms with Crippen LogP contribution in [0, 0.1) is 12.3 Å². The highest BCUT2D eigenvalue weighted by Crippen LogP contribution is 2.49. The smallest absolute Gasteiger partial charge is 0.195 e. The Morgan fingerprint density at radius 2 is 1.18 bits per heavy atom. The minimum atomic E-state index is -0.184. The third-order valence-corrected chi connectivity index (χ3v) is 5.68. The lowest BCUT2D eigenvalue weighted by Crippen LogP contribution is -2.02. The van der Waals surface area contributed by atoms with Gasteiger partial charge in [-0.05, 0) is 53.1 Å². The predicted octanol–water partition coefficient (Wildman–Crippen LogP) is 4.97. The number of carbonyl (C=O) groups is 1. The van der Waals surface area contributed by atoms with Gasteiger partial charge in [-0.2, -0.15) is 0 Å². The summed E-state index contributed by atoms with van der Waals surface area (Å²) in [6, 6.07) is 20.5. The number of aromatic nitrogens is 2. The van der Waals surface area contributed by atoms with Crippen LogP contribution in [0.2, 0.25) is 0 Å². The zero-order chi connectivity index (χ0) is 23.7. The van der Waals surface area contributed by atoms with Crippen LogP contribution in [-0.2, 0) is 4.79 Å². The van der Waals surface area contributed by atoms with E-state index >= 15 is 0 Å². The summed E-state index contributed by atoms with van der Waals surface area (Å²) in [7, 11) is 0. The van der Waals surface area contributed by atoms with Gasteiger partial charge in [0.1, 0.15) is 17.8 Å². The number of hydrogen-bond donors (Lipinski definition) is 2. The predicted molar refractivity (Wildman–Crippen MR) is 131 cm³/mol. The fourth-order valence-corrected chi connectivity index (χ4v) is 4.18. The van der Waals surface area contributed by atoms with E-state index in [1.165, 1.54) is 6.33 Å². The highest BCUT2D eigenvalue weighted by atomic mass is 16.3. The standard InChI is InChI=1S/C29H18N2O3/c1-2-18-4-3-5-21(14-18)25-26(22-15-30-17-31-16-22)28(20-8-12-24(33)13-9-20)29(34)27(25)19-6-10-23(32)11-7-19/h1,3-17,32-33H. The molecule has 5 nitrogen and oxygen atoms in total. The van der Waals surface area contributed by atoms with E-state index in [9.17, 15) is 15.0 Å². The molecule has 3 aromatic carbocycles. The Hall–Kier alpha value is -4.95. The highest BCUT2D eigenvalue weighted by Gasteiger charge is 2.35. The van der Waals surface area contributed by atoms with Gasteiger partial charge in [-0.15, -0.1) is 6.42 Å². The van der Waals surface area contributed by atoms with Crippen molar-refractivity contribution >= 4 is 28.1 Å². The Morgan fingerprint density at radius 1 is 0.647 bits per heavy atom. The molecule has 1 aliphatic rings. The fraction of sp³-hybridized carbons (Fsp3) is 0. The molecule has 5 rings (SSSR count). The number of terminal acetylenes is 1. The number of hydrogen-bond acceptors (Lipinski definition) is 5. The Kier molecular flexibility index (Phi) is 5.25. The summed E-state index contributed by atoms with van der Waals surface area (Å²) in [6.45, 7) is 0. The van der Waals surface area contributed by atoms with E-state index in [2.05, 4.69) is 15.9 Å². The summed E-state index contributed by atoms with van der Waals surface area (Å²) in [5.74, 6) is 2.69. The second-order valence-electron chi connectivity index (χ2n) is 7.78. The third kappa shape index (κ3) is 3.64. The maximum absolute atomic E-state index is 14.1. The molecule has 5 heteroatoms. The first-order valence-corrected chi connectivity index (χ1v) is 10.5. The molecule has 4 aromatic rings. The first kappa shape index (κ1) is 20.9. The summed E-state index contributed by atoms with van der Waals surface area (Å²) in [5.41, 5.74) is 5.78. The zero-order valence-electron chi connectivity index (χ0n) is 17.9. The van der Waals surface area contributed by atoms with E-state index in [1.54, 1.807) is 60.9 Å². The Labute approximate surface area is 196 Å². The molecule has 2 N–H and O–H groups in total. The fourth-order valence-electron chi connectivity index (χ4n) is 4.18. The number of aromatic hydroxyl groups is 2. The quantitative estimate of drug-likeness (QED) is 0.436. The van der Waals surface area contributed by atoms with E-state index in [-0.39, 0.29) is 17.3 Å². The maximum atomic E-state index is 14.1. The van der Waals surface area contributed by atoms with Gasteiger partial charge in [0.15, 0.2) is 5.78 Å². The van der Waals surface area contributed by atoms with Crippen molar-refractivity contribution in [2.45, 2.75) is 0 Å². The third-order valence-electron chi connectivity index (χ3n) is 5.68. The molecule has 0 saturated heterocycles. The Balaban J connectivity index is 1.88. The van der Waals surface area contributed by atoms with Crippen molar-refractivity contribution in [1.29, 1.82) is 0 Å². The van der Waals surface area contributed by atoms with Gasteiger partial charge >= 0.3 is 0 Å². The lowest BCUT2D eigenvalue weighted by Gasteiger charge is -2.13. The van der Waals surface area contributed by atoms with Crippen molar-refractivity contribution < 1.29 is 15.0 Å². The Morgan fingerprint density at radius 3 is 1.71 bits per heavy atom. The van der Waals surface area contributed by atoms with Gasteiger partial charge in [0.25, 0.3) is 0 Å². The first-order valence-electron chi connectivity index (χ1n) is 10.5. The van der Waals surface area contributed by atoms with E-state index < -0.39 is 0 Å². The highest BCUT2D eigenvalue weighted by molar-refractivity contribution is 6.59. The van der Waals surface area contributed by atoms with Crippen LogP contribution in [0.5, 0.6) is 11.5 Å². The van der Waals surface area contributed by atoms with Gasteiger partial charge in [-0.1, -0.05) is 42.3 Å². The maximum Gasteiger partial charge on any atom is 0.195 e. The van der Waals surface area contributed by atoms with Gasteiger partial charge in [-0.25, -0.2) is 9.97 Å². The van der Waals surface area contributed by atoms with E-state index in [0.29, 0.717) is 44.5 Å². The van der Waals surface area contributed by atoms with Crippen LogP contribution >= 0.6 is 0 Å². The lowest BCUT2D eigenvalue weighted by atomic mass is 9.89. The lowest BCUT2D eigenvalue weighted by molar-refractivity contribution is -0.108. The van der Waals surface area contributed by atoms with Crippen LogP contribution in [0.3, 0.4) is 0 Å². The molecule has 0 amide bonds. The molecule has 1 heterocycles. The molecule has 0 radical (unpaired) electrons. The van der Waals surface area contributed by atoms with Crippen molar-refractivity contribution in [3.63, 3.8) is 0 Å². The molecular formula is C29H18N2O3. The Bertz CT molecular complexity index is 1510. The normalized spacial score (nSPS) is 13.3. The molecule has 0 atom stereocenters. The molecule has 34 heavy (non-hydrogen) atoms. The number of Topliss-reactive ketones (excluding diaryl/α,β-unsaturated/α-hetero) is 1. The molecule has 0 spiro atoms. The van der Waals surface area contributed by atoms with Gasteiger partial charge in [0.05, 0.1) is 0 Å². The zero-order valence-corrected chi connectivity index (χ0v) is 17.9. The summed E-state index contributed by atoms with van der Waals surface area (Å²) < 4.78 is 0. The van der Waals surface area contributed by atoms with Crippen LogP contribution in [0.4, 0.5) is 0 Å². The number of rotatable bonds is 4. The molecule has 0 aliphatic heterocycles. The average Bonchev–Trinajstić information content (AvgIpc) is 3.18.